The fraction of sp³-hybridized carbons (Fsp3) is 0.533. The molecule has 18 heavy (non-hydrogen) atoms. The molecule has 96 valence electrons. The second-order valence-electron chi connectivity index (χ2n) is 5.42. The summed E-state index contributed by atoms with van der Waals surface area (Å²) in [4.78, 5) is 2.26. The molecule has 2 N–H and O–H groups in total. The minimum atomic E-state index is 0.546. The molecule has 2 rings (SSSR count). The summed E-state index contributed by atoms with van der Waals surface area (Å²) < 4.78 is 0. The molecule has 2 unspecified atom stereocenters. The number of hydrogen-bond acceptors (Lipinski definition) is 3. The first-order valence-corrected chi connectivity index (χ1v) is 6.64. The predicted molar refractivity (Wildman–Crippen MR) is 75.4 cm³/mol. The summed E-state index contributed by atoms with van der Waals surface area (Å²) in [5.41, 5.74) is 8.07. The van der Waals surface area contributed by atoms with E-state index < -0.39 is 0 Å². The maximum absolute atomic E-state index is 9.21. The Morgan fingerprint density at radius 2 is 2.17 bits per heavy atom. The van der Waals surface area contributed by atoms with Crippen LogP contribution in [0.5, 0.6) is 0 Å². The number of rotatable bonds is 2. The van der Waals surface area contributed by atoms with E-state index in [-0.39, 0.29) is 0 Å². The fourth-order valence-corrected chi connectivity index (χ4v) is 2.90. The molecule has 0 bridgehead atoms. The molecule has 0 aliphatic heterocycles. The van der Waals surface area contributed by atoms with Crippen LogP contribution in [0.4, 0.5) is 11.4 Å². The Kier molecular flexibility index (Phi) is 3.76. The van der Waals surface area contributed by atoms with Gasteiger partial charge in [-0.05, 0) is 37.0 Å². The summed E-state index contributed by atoms with van der Waals surface area (Å²) in [7, 11) is 2.09. The third-order valence-corrected chi connectivity index (χ3v) is 3.98. The molecule has 0 aromatic heterocycles. The first-order chi connectivity index (χ1) is 8.61. The molecule has 0 radical (unpaired) electrons. The van der Waals surface area contributed by atoms with E-state index in [1.165, 1.54) is 25.7 Å². The second kappa shape index (κ2) is 5.30. The van der Waals surface area contributed by atoms with E-state index in [0.717, 1.165) is 11.6 Å². The zero-order valence-electron chi connectivity index (χ0n) is 11.2. The molecule has 0 heterocycles. The molecule has 1 fully saturated rings. The van der Waals surface area contributed by atoms with Gasteiger partial charge in [-0.1, -0.05) is 19.8 Å². The average Bonchev–Trinajstić information content (AvgIpc) is 2.37. The van der Waals surface area contributed by atoms with Crippen molar-refractivity contribution < 1.29 is 0 Å². The molecule has 1 aromatic rings. The van der Waals surface area contributed by atoms with Crippen molar-refractivity contribution in [1.82, 2.24) is 0 Å². The van der Waals surface area contributed by atoms with Gasteiger partial charge in [0.25, 0.3) is 0 Å². The maximum Gasteiger partial charge on any atom is 0.101 e. The van der Waals surface area contributed by atoms with Crippen molar-refractivity contribution in [3.05, 3.63) is 23.8 Å². The highest BCUT2D eigenvalue weighted by atomic mass is 15.1. The van der Waals surface area contributed by atoms with Gasteiger partial charge in [0.2, 0.25) is 0 Å². The summed E-state index contributed by atoms with van der Waals surface area (Å²) in [6, 6.07) is 8.39. The summed E-state index contributed by atoms with van der Waals surface area (Å²) in [5, 5.41) is 9.21. The van der Waals surface area contributed by atoms with E-state index in [4.69, 9.17) is 5.73 Å². The number of hydrogen-bond donors (Lipinski definition) is 1. The molecular formula is C15H21N3. The molecule has 3 nitrogen and oxygen atoms in total. The third kappa shape index (κ3) is 2.59. The molecule has 3 heteroatoms. The van der Waals surface area contributed by atoms with Crippen LogP contribution in [-0.4, -0.2) is 13.1 Å². The summed E-state index contributed by atoms with van der Waals surface area (Å²) in [6.45, 7) is 2.31. The maximum atomic E-state index is 9.21. The molecule has 1 saturated carbocycles. The Bertz CT molecular complexity index is 461. The van der Waals surface area contributed by atoms with Crippen LogP contribution >= 0.6 is 0 Å². The molecule has 0 amide bonds. The second-order valence-corrected chi connectivity index (χ2v) is 5.42. The Morgan fingerprint density at radius 3 is 2.83 bits per heavy atom. The van der Waals surface area contributed by atoms with Crippen molar-refractivity contribution in [1.29, 1.82) is 5.26 Å². The van der Waals surface area contributed by atoms with E-state index in [9.17, 15) is 5.26 Å². The van der Waals surface area contributed by atoms with Gasteiger partial charge in [0.15, 0.2) is 0 Å². The van der Waals surface area contributed by atoms with Crippen molar-refractivity contribution >= 4 is 11.4 Å². The normalized spacial score (nSPS) is 23.4. The lowest BCUT2D eigenvalue weighted by atomic mass is 9.86. The van der Waals surface area contributed by atoms with Crippen LogP contribution in [0.1, 0.15) is 38.2 Å². The van der Waals surface area contributed by atoms with Gasteiger partial charge in [-0.15, -0.1) is 0 Å². The Morgan fingerprint density at radius 1 is 1.39 bits per heavy atom. The third-order valence-electron chi connectivity index (χ3n) is 3.98. The van der Waals surface area contributed by atoms with E-state index in [1.807, 2.05) is 12.1 Å². The first-order valence-electron chi connectivity index (χ1n) is 6.64. The van der Waals surface area contributed by atoms with Gasteiger partial charge in [0.05, 0.1) is 11.3 Å². The SMILES string of the molecule is CC1CCCC(N(C)c2ccc(N)cc2C#N)C1. The van der Waals surface area contributed by atoms with E-state index >= 15 is 0 Å². The average molecular weight is 243 g/mol. The predicted octanol–water partition coefficient (Wildman–Crippen LogP) is 3.16. The van der Waals surface area contributed by atoms with Gasteiger partial charge < -0.3 is 10.6 Å². The van der Waals surface area contributed by atoms with Crippen molar-refractivity contribution in [2.24, 2.45) is 5.92 Å². The smallest absolute Gasteiger partial charge is 0.101 e. The van der Waals surface area contributed by atoms with E-state index in [0.29, 0.717) is 17.3 Å². The van der Waals surface area contributed by atoms with E-state index in [1.54, 1.807) is 6.07 Å². The van der Waals surface area contributed by atoms with Crippen molar-refractivity contribution in [2.45, 2.75) is 38.6 Å². The van der Waals surface area contributed by atoms with Crippen LogP contribution in [0.25, 0.3) is 0 Å². The molecule has 0 saturated heterocycles. The quantitative estimate of drug-likeness (QED) is 0.812. The van der Waals surface area contributed by atoms with Crippen LogP contribution in [0.2, 0.25) is 0 Å². The lowest BCUT2D eigenvalue weighted by Gasteiger charge is -2.36. The first kappa shape index (κ1) is 12.8. The van der Waals surface area contributed by atoms with Gasteiger partial charge in [-0.3, -0.25) is 0 Å². The standard InChI is InChI=1S/C15H21N3/c1-11-4-3-5-14(8-11)18(2)15-7-6-13(17)9-12(15)10-16/h6-7,9,11,14H,3-5,8,17H2,1-2H3. The van der Waals surface area contributed by atoms with Crippen molar-refractivity contribution in [2.75, 3.05) is 17.7 Å². The minimum absolute atomic E-state index is 0.546. The van der Waals surface area contributed by atoms with E-state index in [2.05, 4.69) is 24.9 Å². The van der Waals surface area contributed by atoms with Gasteiger partial charge in [-0.25, -0.2) is 0 Å². The van der Waals surface area contributed by atoms with Crippen LogP contribution in [0, 0.1) is 17.2 Å². The number of anilines is 2. The lowest BCUT2D eigenvalue weighted by Crippen LogP contribution is -2.36. The summed E-state index contributed by atoms with van der Waals surface area (Å²) in [5.74, 6) is 0.783. The Labute approximate surface area is 109 Å². The van der Waals surface area contributed by atoms with Gasteiger partial charge >= 0.3 is 0 Å². The zero-order chi connectivity index (χ0) is 13.1. The highest BCUT2D eigenvalue weighted by Crippen LogP contribution is 2.31. The van der Waals surface area contributed by atoms with Crippen LogP contribution < -0.4 is 10.6 Å². The monoisotopic (exact) mass is 243 g/mol. The van der Waals surface area contributed by atoms with Gasteiger partial charge in [-0.2, -0.15) is 5.26 Å². The highest BCUT2D eigenvalue weighted by molar-refractivity contribution is 5.64. The van der Waals surface area contributed by atoms with Crippen LogP contribution in [0.15, 0.2) is 18.2 Å². The summed E-state index contributed by atoms with van der Waals surface area (Å²) in [6.07, 6.45) is 5.05. The number of nitrogens with two attached hydrogens (primary N) is 1. The molecule has 2 atom stereocenters. The lowest BCUT2D eigenvalue weighted by molar-refractivity contribution is 0.336. The molecule has 0 spiro atoms. The highest BCUT2D eigenvalue weighted by Gasteiger charge is 2.23. The molecule has 1 aliphatic carbocycles. The fourth-order valence-electron chi connectivity index (χ4n) is 2.90. The molecule has 1 aliphatic rings. The van der Waals surface area contributed by atoms with Gasteiger partial charge in [0, 0.05) is 18.8 Å². The Balaban J connectivity index is 2.23. The number of nitrogens with zero attached hydrogens (tertiary/aromatic N) is 2. The molecular weight excluding hydrogens is 222 g/mol. The number of nitrogen functional groups attached to an aromatic ring is 1. The van der Waals surface area contributed by atoms with Crippen LogP contribution in [0.3, 0.4) is 0 Å². The Hall–Kier alpha value is -1.69. The van der Waals surface area contributed by atoms with Crippen molar-refractivity contribution in [3.8, 4) is 6.07 Å². The largest absolute Gasteiger partial charge is 0.399 e. The summed E-state index contributed by atoms with van der Waals surface area (Å²) >= 11 is 0. The van der Waals surface area contributed by atoms with Crippen LogP contribution in [-0.2, 0) is 0 Å². The topological polar surface area (TPSA) is 53.0 Å². The minimum Gasteiger partial charge on any atom is -0.399 e. The van der Waals surface area contributed by atoms with Gasteiger partial charge in [0.1, 0.15) is 6.07 Å². The number of nitriles is 1. The zero-order valence-corrected chi connectivity index (χ0v) is 11.2. The number of benzene rings is 1. The van der Waals surface area contributed by atoms with Crippen molar-refractivity contribution in [3.63, 3.8) is 0 Å². The molecule has 1 aromatic carbocycles.